The number of hydrogen-bond donors (Lipinski definition) is 1. The molecule has 114 valence electrons. The van der Waals surface area contributed by atoms with Crippen molar-refractivity contribution in [2.75, 3.05) is 13.2 Å². The molecule has 1 aromatic rings. The molecule has 6 heteroatoms. The van der Waals surface area contributed by atoms with Crippen LogP contribution in [0.2, 0.25) is 0 Å². The Hall–Kier alpha value is -0.980. The summed E-state index contributed by atoms with van der Waals surface area (Å²) in [5.74, 6) is -0.439. The van der Waals surface area contributed by atoms with Gasteiger partial charge in [-0.25, -0.2) is 12.8 Å². The standard InChI is InChI=1S/C14H22FNO3S/c1-10(2)16(6-5-7-17)20(18,19)14-11(3)8-13(15)9-12(14)4/h8-10,17H,5-7H2,1-4H3. The van der Waals surface area contributed by atoms with Gasteiger partial charge in [-0.2, -0.15) is 4.31 Å². The van der Waals surface area contributed by atoms with Crippen LogP contribution < -0.4 is 0 Å². The number of benzene rings is 1. The predicted octanol–water partition coefficient (Wildman–Crippen LogP) is 2.22. The van der Waals surface area contributed by atoms with E-state index in [4.69, 9.17) is 5.11 Å². The minimum absolute atomic E-state index is 0.0693. The lowest BCUT2D eigenvalue weighted by atomic mass is 10.1. The number of aryl methyl sites for hydroxylation is 2. The lowest BCUT2D eigenvalue weighted by Crippen LogP contribution is -2.38. The van der Waals surface area contributed by atoms with Gasteiger partial charge in [0.15, 0.2) is 0 Å². The summed E-state index contributed by atoms with van der Waals surface area (Å²) in [5.41, 5.74) is 0.800. The summed E-state index contributed by atoms with van der Waals surface area (Å²) < 4.78 is 40.2. The number of rotatable bonds is 6. The second-order valence-corrected chi connectivity index (χ2v) is 6.98. The fraction of sp³-hybridized carbons (Fsp3) is 0.571. The Morgan fingerprint density at radius 2 is 1.75 bits per heavy atom. The SMILES string of the molecule is Cc1cc(F)cc(C)c1S(=O)(=O)N(CCCO)C(C)C. The number of halogens is 1. The second kappa shape index (κ2) is 6.65. The molecule has 0 aliphatic rings. The normalized spacial score (nSPS) is 12.4. The third-order valence-electron chi connectivity index (χ3n) is 3.10. The molecule has 0 radical (unpaired) electrons. The van der Waals surface area contributed by atoms with Gasteiger partial charge in [-0.15, -0.1) is 0 Å². The third-order valence-corrected chi connectivity index (χ3v) is 5.49. The van der Waals surface area contributed by atoms with E-state index in [0.29, 0.717) is 17.5 Å². The molecule has 0 spiro atoms. The van der Waals surface area contributed by atoms with Crippen molar-refractivity contribution in [3.63, 3.8) is 0 Å². The van der Waals surface area contributed by atoms with Crippen molar-refractivity contribution in [2.24, 2.45) is 0 Å². The summed E-state index contributed by atoms with van der Waals surface area (Å²) >= 11 is 0. The largest absolute Gasteiger partial charge is 0.396 e. The first-order chi connectivity index (χ1) is 9.21. The molecule has 0 bridgehead atoms. The van der Waals surface area contributed by atoms with E-state index in [-0.39, 0.29) is 24.1 Å². The van der Waals surface area contributed by atoms with Crippen molar-refractivity contribution >= 4 is 10.0 Å². The minimum atomic E-state index is -3.70. The summed E-state index contributed by atoms with van der Waals surface area (Å²) in [4.78, 5) is 0.158. The zero-order valence-electron chi connectivity index (χ0n) is 12.4. The maximum atomic E-state index is 13.3. The van der Waals surface area contributed by atoms with Gasteiger partial charge in [0, 0.05) is 19.2 Å². The first kappa shape index (κ1) is 17.1. The zero-order valence-corrected chi connectivity index (χ0v) is 13.2. The van der Waals surface area contributed by atoms with E-state index >= 15 is 0 Å². The number of nitrogens with zero attached hydrogens (tertiary/aromatic N) is 1. The highest BCUT2D eigenvalue weighted by atomic mass is 32.2. The predicted molar refractivity (Wildman–Crippen MR) is 76.6 cm³/mol. The van der Waals surface area contributed by atoms with Crippen molar-refractivity contribution in [2.45, 2.75) is 45.1 Å². The number of sulfonamides is 1. The first-order valence-corrected chi connectivity index (χ1v) is 8.05. The highest BCUT2D eigenvalue weighted by Crippen LogP contribution is 2.26. The van der Waals surface area contributed by atoms with E-state index < -0.39 is 15.8 Å². The molecule has 0 heterocycles. The lowest BCUT2D eigenvalue weighted by molar-refractivity contribution is 0.258. The number of hydrogen-bond acceptors (Lipinski definition) is 3. The smallest absolute Gasteiger partial charge is 0.243 e. The van der Waals surface area contributed by atoms with Crippen LogP contribution in [0.3, 0.4) is 0 Å². The molecular weight excluding hydrogens is 281 g/mol. The van der Waals surface area contributed by atoms with Gasteiger partial charge in [0.2, 0.25) is 10.0 Å². The molecule has 1 aromatic carbocycles. The van der Waals surface area contributed by atoms with Gasteiger partial charge in [0.25, 0.3) is 0 Å². The van der Waals surface area contributed by atoms with Gasteiger partial charge < -0.3 is 5.11 Å². The molecule has 0 aliphatic carbocycles. The molecule has 20 heavy (non-hydrogen) atoms. The molecule has 0 aromatic heterocycles. The van der Waals surface area contributed by atoms with Gasteiger partial charge in [-0.3, -0.25) is 0 Å². The number of aliphatic hydroxyl groups is 1. The van der Waals surface area contributed by atoms with Crippen molar-refractivity contribution in [1.82, 2.24) is 4.31 Å². The van der Waals surface area contributed by atoms with Gasteiger partial charge in [-0.1, -0.05) is 0 Å². The van der Waals surface area contributed by atoms with E-state index in [1.807, 2.05) is 0 Å². The first-order valence-electron chi connectivity index (χ1n) is 6.61. The van der Waals surface area contributed by atoms with Gasteiger partial charge >= 0.3 is 0 Å². The molecule has 1 N–H and O–H groups in total. The van der Waals surface area contributed by atoms with Crippen molar-refractivity contribution < 1.29 is 17.9 Å². The fourth-order valence-corrected chi connectivity index (χ4v) is 4.39. The molecular formula is C14H22FNO3S. The van der Waals surface area contributed by atoms with E-state index in [1.54, 1.807) is 27.7 Å². The molecule has 0 fully saturated rings. The molecule has 0 unspecified atom stereocenters. The fourth-order valence-electron chi connectivity index (χ4n) is 2.30. The monoisotopic (exact) mass is 303 g/mol. The van der Waals surface area contributed by atoms with Crippen LogP contribution >= 0.6 is 0 Å². The molecule has 4 nitrogen and oxygen atoms in total. The van der Waals surface area contributed by atoms with E-state index in [1.165, 1.54) is 16.4 Å². The van der Waals surface area contributed by atoms with Crippen LogP contribution in [0.4, 0.5) is 4.39 Å². The van der Waals surface area contributed by atoms with Crippen molar-refractivity contribution in [1.29, 1.82) is 0 Å². The molecule has 0 saturated carbocycles. The minimum Gasteiger partial charge on any atom is -0.396 e. The molecule has 0 saturated heterocycles. The average molecular weight is 303 g/mol. The lowest BCUT2D eigenvalue weighted by Gasteiger charge is -2.27. The quantitative estimate of drug-likeness (QED) is 0.876. The van der Waals surface area contributed by atoms with Crippen molar-refractivity contribution in [3.05, 3.63) is 29.1 Å². The Morgan fingerprint density at radius 3 is 2.15 bits per heavy atom. The molecule has 0 amide bonds. The van der Waals surface area contributed by atoms with Crippen LogP contribution in [0, 0.1) is 19.7 Å². The maximum absolute atomic E-state index is 13.3. The van der Waals surface area contributed by atoms with Crippen LogP contribution in [0.25, 0.3) is 0 Å². The van der Waals surface area contributed by atoms with Crippen LogP contribution in [-0.2, 0) is 10.0 Å². The van der Waals surface area contributed by atoms with Gasteiger partial charge in [0.05, 0.1) is 4.90 Å². The highest BCUT2D eigenvalue weighted by Gasteiger charge is 2.29. The molecule has 0 atom stereocenters. The third kappa shape index (κ3) is 3.56. The van der Waals surface area contributed by atoms with Crippen LogP contribution in [-0.4, -0.2) is 37.0 Å². The highest BCUT2D eigenvalue weighted by molar-refractivity contribution is 7.89. The van der Waals surface area contributed by atoms with Gasteiger partial charge in [-0.05, 0) is 57.4 Å². The molecule has 1 rings (SSSR count). The van der Waals surface area contributed by atoms with E-state index in [2.05, 4.69) is 0 Å². The van der Waals surface area contributed by atoms with Crippen LogP contribution in [0.1, 0.15) is 31.4 Å². The average Bonchev–Trinajstić information content (AvgIpc) is 2.26. The van der Waals surface area contributed by atoms with Crippen molar-refractivity contribution in [3.8, 4) is 0 Å². The number of aliphatic hydroxyl groups excluding tert-OH is 1. The van der Waals surface area contributed by atoms with E-state index in [9.17, 15) is 12.8 Å². The zero-order chi connectivity index (χ0) is 15.5. The summed E-state index contributed by atoms with van der Waals surface area (Å²) in [6.07, 6.45) is 0.372. The van der Waals surface area contributed by atoms with Gasteiger partial charge in [0.1, 0.15) is 5.82 Å². The van der Waals surface area contributed by atoms with Crippen LogP contribution in [0.5, 0.6) is 0 Å². The molecule has 0 aliphatic heterocycles. The summed E-state index contributed by atoms with van der Waals surface area (Å²) in [6.45, 7) is 6.92. The van der Waals surface area contributed by atoms with Crippen LogP contribution in [0.15, 0.2) is 17.0 Å². The Labute approximate surface area is 120 Å². The van der Waals surface area contributed by atoms with E-state index in [0.717, 1.165) is 0 Å². The maximum Gasteiger partial charge on any atom is 0.243 e. The Morgan fingerprint density at radius 1 is 1.25 bits per heavy atom. The topological polar surface area (TPSA) is 57.6 Å². The summed E-state index contributed by atoms with van der Waals surface area (Å²) in [5, 5.41) is 8.91. The Balaban J connectivity index is 3.34. The Kier molecular flexibility index (Phi) is 5.68. The second-order valence-electron chi connectivity index (χ2n) is 5.16. The Bertz CT molecular complexity index is 547. The summed E-state index contributed by atoms with van der Waals surface area (Å²) in [7, 11) is -3.70. The summed E-state index contributed by atoms with van der Waals surface area (Å²) in [6, 6.07) is 2.23.